The fourth-order valence-corrected chi connectivity index (χ4v) is 1.59. The highest BCUT2D eigenvalue weighted by atomic mass is 35.5. The molecule has 0 aliphatic rings. The van der Waals surface area contributed by atoms with Crippen molar-refractivity contribution in [3.8, 4) is 0 Å². The van der Waals surface area contributed by atoms with E-state index in [1.54, 1.807) is 0 Å². The van der Waals surface area contributed by atoms with Crippen LogP contribution in [0.1, 0.15) is 23.7 Å². The molecule has 2 N–H and O–H groups in total. The summed E-state index contributed by atoms with van der Waals surface area (Å²) < 4.78 is 0. The largest absolute Gasteiger partial charge is 0.355 e. The molecule has 1 rings (SSSR count). The molecule has 0 radical (unpaired) electrons. The summed E-state index contributed by atoms with van der Waals surface area (Å²) in [6.45, 7) is 2.42. The van der Waals surface area contributed by atoms with E-state index in [1.165, 1.54) is 12.1 Å². The summed E-state index contributed by atoms with van der Waals surface area (Å²) in [5.74, 6) is -0.709. The van der Waals surface area contributed by atoms with Gasteiger partial charge in [-0.15, -0.1) is 0 Å². The van der Waals surface area contributed by atoms with Gasteiger partial charge in [-0.3, -0.25) is 9.59 Å². The molecule has 0 atom stereocenters. The first-order chi connectivity index (χ1) is 8.54. The van der Waals surface area contributed by atoms with Crippen molar-refractivity contribution >= 4 is 35.0 Å². The molecule has 1 aromatic heterocycles. The summed E-state index contributed by atoms with van der Waals surface area (Å²) in [5.41, 5.74) is 0.185. The SMILES string of the molecule is CCCNC(=O)CNC(=O)c1ccc(Cl)nc1Cl. The van der Waals surface area contributed by atoms with E-state index in [2.05, 4.69) is 15.6 Å². The van der Waals surface area contributed by atoms with E-state index in [-0.39, 0.29) is 28.3 Å². The predicted molar refractivity (Wildman–Crippen MR) is 69.9 cm³/mol. The third-order valence-electron chi connectivity index (χ3n) is 2.04. The highest BCUT2D eigenvalue weighted by Crippen LogP contribution is 2.16. The average Bonchev–Trinajstić information content (AvgIpc) is 2.33. The third kappa shape index (κ3) is 4.50. The molecule has 2 amide bonds. The van der Waals surface area contributed by atoms with Crippen LogP contribution in [0.3, 0.4) is 0 Å². The summed E-state index contributed by atoms with van der Waals surface area (Å²) in [4.78, 5) is 26.7. The first-order valence-corrected chi connectivity index (χ1v) is 6.17. The van der Waals surface area contributed by atoms with Gasteiger partial charge < -0.3 is 10.6 Å². The van der Waals surface area contributed by atoms with Gasteiger partial charge in [0.2, 0.25) is 5.91 Å². The summed E-state index contributed by atoms with van der Waals surface area (Å²) in [6, 6.07) is 2.91. The molecule has 0 aliphatic heterocycles. The topological polar surface area (TPSA) is 71.1 Å². The molecule has 0 fully saturated rings. The number of nitrogens with one attached hydrogen (secondary N) is 2. The Bertz CT molecular complexity index is 452. The van der Waals surface area contributed by atoms with Gasteiger partial charge in [-0.1, -0.05) is 30.1 Å². The van der Waals surface area contributed by atoms with Crippen LogP contribution < -0.4 is 10.6 Å². The van der Waals surface area contributed by atoms with Crippen LogP contribution in [0.15, 0.2) is 12.1 Å². The van der Waals surface area contributed by atoms with E-state index in [9.17, 15) is 9.59 Å². The van der Waals surface area contributed by atoms with E-state index < -0.39 is 5.91 Å². The first kappa shape index (κ1) is 14.7. The molecular weight excluding hydrogens is 277 g/mol. The van der Waals surface area contributed by atoms with Crippen LogP contribution in [0.4, 0.5) is 0 Å². The number of aromatic nitrogens is 1. The smallest absolute Gasteiger partial charge is 0.254 e. The number of amides is 2. The van der Waals surface area contributed by atoms with Gasteiger partial charge in [-0.2, -0.15) is 0 Å². The van der Waals surface area contributed by atoms with Gasteiger partial charge in [0.05, 0.1) is 12.1 Å². The minimum absolute atomic E-state index is 0.00830. The highest BCUT2D eigenvalue weighted by Gasteiger charge is 2.12. The molecule has 0 saturated carbocycles. The zero-order chi connectivity index (χ0) is 13.5. The Hall–Kier alpha value is -1.33. The van der Waals surface area contributed by atoms with Crippen molar-refractivity contribution < 1.29 is 9.59 Å². The van der Waals surface area contributed by atoms with E-state index in [0.29, 0.717) is 6.54 Å². The van der Waals surface area contributed by atoms with Crippen molar-refractivity contribution in [2.24, 2.45) is 0 Å². The Morgan fingerprint density at radius 2 is 2.00 bits per heavy atom. The number of hydrogen-bond acceptors (Lipinski definition) is 3. The molecule has 0 unspecified atom stereocenters. The number of pyridine rings is 1. The van der Waals surface area contributed by atoms with Crippen molar-refractivity contribution in [1.82, 2.24) is 15.6 Å². The van der Waals surface area contributed by atoms with Crippen LogP contribution in [0.5, 0.6) is 0 Å². The van der Waals surface area contributed by atoms with Gasteiger partial charge in [0.25, 0.3) is 5.91 Å². The molecule has 0 aliphatic carbocycles. The molecule has 0 saturated heterocycles. The lowest BCUT2D eigenvalue weighted by Crippen LogP contribution is -2.37. The molecule has 1 aromatic rings. The summed E-state index contributed by atoms with van der Waals surface area (Å²) in [7, 11) is 0. The maximum atomic E-state index is 11.7. The van der Waals surface area contributed by atoms with Gasteiger partial charge in [0.1, 0.15) is 10.3 Å². The van der Waals surface area contributed by atoms with Crippen LogP contribution in [0.25, 0.3) is 0 Å². The number of carbonyl (C=O) groups is 2. The van der Waals surface area contributed by atoms with E-state index in [4.69, 9.17) is 23.2 Å². The Balaban J connectivity index is 2.53. The van der Waals surface area contributed by atoms with Crippen molar-refractivity contribution in [3.63, 3.8) is 0 Å². The molecule has 0 bridgehead atoms. The van der Waals surface area contributed by atoms with Crippen molar-refractivity contribution in [1.29, 1.82) is 0 Å². The minimum atomic E-state index is -0.462. The predicted octanol–water partition coefficient (Wildman–Crippen LogP) is 1.64. The Morgan fingerprint density at radius 1 is 1.28 bits per heavy atom. The van der Waals surface area contributed by atoms with Crippen molar-refractivity contribution in [3.05, 3.63) is 28.0 Å². The quantitative estimate of drug-likeness (QED) is 0.810. The van der Waals surface area contributed by atoms with Gasteiger partial charge >= 0.3 is 0 Å². The number of nitrogens with zero attached hydrogens (tertiary/aromatic N) is 1. The zero-order valence-electron chi connectivity index (χ0n) is 9.80. The first-order valence-electron chi connectivity index (χ1n) is 5.41. The lowest BCUT2D eigenvalue weighted by molar-refractivity contribution is -0.120. The van der Waals surface area contributed by atoms with Gasteiger partial charge in [0.15, 0.2) is 0 Å². The average molecular weight is 290 g/mol. The molecule has 18 heavy (non-hydrogen) atoms. The van der Waals surface area contributed by atoms with Crippen molar-refractivity contribution in [2.75, 3.05) is 13.1 Å². The Kier molecular flexibility index (Phi) is 5.88. The molecule has 0 aromatic carbocycles. The van der Waals surface area contributed by atoms with Crippen LogP contribution in [-0.2, 0) is 4.79 Å². The zero-order valence-corrected chi connectivity index (χ0v) is 11.3. The fraction of sp³-hybridized carbons (Fsp3) is 0.364. The molecule has 0 spiro atoms. The number of carbonyl (C=O) groups excluding carboxylic acids is 2. The third-order valence-corrected chi connectivity index (χ3v) is 2.54. The van der Waals surface area contributed by atoms with Crippen LogP contribution in [-0.4, -0.2) is 29.9 Å². The lowest BCUT2D eigenvalue weighted by Gasteiger charge is -2.06. The molecule has 1 heterocycles. The van der Waals surface area contributed by atoms with Crippen LogP contribution in [0, 0.1) is 0 Å². The minimum Gasteiger partial charge on any atom is -0.355 e. The summed E-state index contributed by atoms with van der Waals surface area (Å²) in [6.07, 6.45) is 0.840. The monoisotopic (exact) mass is 289 g/mol. The number of rotatable bonds is 5. The maximum Gasteiger partial charge on any atom is 0.254 e. The van der Waals surface area contributed by atoms with E-state index >= 15 is 0 Å². The van der Waals surface area contributed by atoms with Crippen LogP contribution >= 0.6 is 23.2 Å². The molecule has 98 valence electrons. The van der Waals surface area contributed by atoms with Gasteiger partial charge in [0, 0.05) is 6.54 Å². The highest BCUT2D eigenvalue weighted by molar-refractivity contribution is 6.34. The summed E-state index contributed by atoms with van der Waals surface area (Å²) >= 11 is 11.4. The van der Waals surface area contributed by atoms with Crippen molar-refractivity contribution in [2.45, 2.75) is 13.3 Å². The normalized spacial score (nSPS) is 9.94. The second-order valence-electron chi connectivity index (χ2n) is 3.50. The second-order valence-corrected chi connectivity index (χ2v) is 4.25. The standard InChI is InChI=1S/C11H13Cl2N3O2/c1-2-5-14-9(17)6-15-11(18)7-3-4-8(12)16-10(7)13/h3-4H,2,5-6H2,1H3,(H,14,17)(H,15,18). The lowest BCUT2D eigenvalue weighted by atomic mass is 10.2. The second kappa shape index (κ2) is 7.18. The fourth-order valence-electron chi connectivity index (χ4n) is 1.16. The van der Waals surface area contributed by atoms with Gasteiger partial charge in [-0.25, -0.2) is 4.98 Å². The van der Waals surface area contributed by atoms with Crippen LogP contribution in [0.2, 0.25) is 10.3 Å². The number of halogens is 2. The number of hydrogen-bond donors (Lipinski definition) is 2. The summed E-state index contributed by atoms with van der Waals surface area (Å²) in [5, 5.41) is 5.30. The van der Waals surface area contributed by atoms with Gasteiger partial charge in [-0.05, 0) is 18.6 Å². The van der Waals surface area contributed by atoms with E-state index in [1.807, 2.05) is 6.92 Å². The Morgan fingerprint density at radius 3 is 2.61 bits per heavy atom. The molecular formula is C11H13Cl2N3O2. The van der Waals surface area contributed by atoms with E-state index in [0.717, 1.165) is 6.42 Å². The molecule has 5 nitrogen and oxygen atoms in total. The Labute approximate surface area is 115 Å². The molecule has 7 heteroatoms. The maximum absolute atomic E-state index is 11.7.